The summed E-state index contributed by atoms with van der Waals surface area (Å²) in [6.07, 6.45) is 0.0142. The molecule has 0 aliphatic heterocycles. The van der Waals surface area contributed by atoms with Crippen LogP contribution >= 0.6 is 11.6 Å². The fourth-order valence-electron chi connectivity index (χ4n) is 3.97. The summed E-state index contributed by atoms with van der Waals surface area (Å²) in [7, 11) is 1.56. The van der Waals surface area contributed by atoms with Crippen molar-refractivity contribution in [3.63, 3.8) is 0 Å². The van der Waals surface area contributed by atoms with E-state index in [4.69, 9.17) is 25.8 Å². The number of hydrogen-bond acceptors (Lipinski definition) is 8. The molecule has 0 spiro atoms. The average Bonchev–Trinajstić information content (AvgIpc) is 2.92. The van der Waals surface area contributed by atoms with Crippen molar-refractivity contribution < 1.29 is 23.8 Å². The monoisotopic (exact) mass is 584 g/mol. The van der Waals surface area contributed by atoms with Gasteiger partial charge in [-0.25, -0.2) is 9.78 Å². The zero-order valence-electron chi connectivity index (χ0n) is 24.0. The summed E-state index contributed by atoms with van der Waals surface area (Å²) in [6.45, 7) is 7.48. The Morgan fingerprint density at radius 3 is 2.46 bits per heavy atom. The summed E-state index contributed by atoms with van der Waals surface area (Å²) in [5, 5.41) is 6.00. The first kappa shape index (κ1) is 31.6. The third kappa shape index (κ3) is 9.91. The highest BCUT2D eigenvalue weighted by atomic mass is 35.5. The second kappa shape index (κ2) is 14.7. The van der Waals surface area contributed by atoms with Gasteiger partial charge < -0.3 is 24.8 Å². The molecule has 2 aromatic carbocycles. The SMILES string of the molecule is COCC(NC(=O)OC(C)(C)C)c1cccc(CCNc2nc(Cl)c(C)n(CC(=O)OCc3ccccc3)c2=O)c1. The molecule has 1 heterocycles. The lowest BCUT2D eigenvalue weighted by Crippen LogP contribution is -2.36. The van der Waals surface area contributed by atoms with Crippen molar-refractivity contribution in [2.75, 3.05) is 25.6 Å². The van der Waals surface area contributed by atoms with E-state index in [1.165, 1.54) is 4.57 Å². The van der Waals surface area contributed by atoms with Crippen LogP contribution in [0.5, 0.6) is 0 Å². The predicted molar refractivity (Wildman–Crippen MR) is 157 cm³/mol. The number of alkyl carbamates (subject to hydrolysis) is 1. The predicted octanol–water partition coefficient (Wildman–Crippen LogP) is 4.82. The van der Waals surface area contributed by atoms with Crippen LogP contribution in [-0.4, -0.2) is 47.5 Å². The summed E-state index contributed by atoms with van der Waals surface area (Å²) in [4.78, 5) is 42.1. The number of esters is 1. The summed E-state index contributed by atoms with van der Waals surface area (Å²) < 4.78 is 17.3. The molecule has 0 saturated carbocycles. The minimum absolute atomic E-state index is 0.0384. The van der Waals surface area contributed by atoms with Crippen LogP contribution < -0.4 is 16.2 Å². The molecule has 0 aliphatic carbocycles. The van der Waals surface area contributed by atoms with Crippen molar-refractivity contribution in [3.8, 4) is 0 Å². The molecule has 0 fully saturated rings. The molecule has 11 heteroatoms. The Hall–Kier alpha value is -3.89. The number of aromatic nitrogens is 2. The molecule has 1 aromatic heterocycles. The first-order chi connectivity index (χ1) is 19.5. The van der Waals surface area contributed by atoms with Gasteiger partial charge in [0.1, 0.15) is 18.8 Å². The van der Waals surface area contributed by atoms with E-state index in [9.17, 15) is 14.4 Å². The standard InChI is InChI=1S/C30H37ClN4O6/c1-20-26(31)34-27(28(37)35(20)17-25(36)40-18-22-10-7-6-8-11-22)32-15-14-21-12-9-13-23(16-21)24(19-39-5)33-29(38)41-30(2,3)4/h6-13,16,24H,14-15,17-19H2,1-5H3,(H,32,34)(H,33,38). The maximum atomic E-state index is 13.1. The maximum absolute atomic E-state index is 13.1. The summed E-state index contributed by atoms with van der Waals surface area (Å²) in [5.74, 6) is -0.522. The Kier molecular flexibility index (Phi) is 11.3. The first-order valence-electron chi connectivity index (χ1n) is 13.2. The zero-order chi connectivity index (χ0) is 30.0. The Bertz CT molecular complexity index is 1390. The molecule has 1 amide bonds. The van der Waals surface area contributed by atoms with E-state index in [-0.39, 0.29) is 30.7 Å². The van der Waals surface area contributed by atoms with Gasteiger partial charge in [-0.1, -0.05) is 66.2 Å². The molecule has 220 valence electrons. The van der Waals surface area contributed by atoms with Crippen LogP contribution in [0, 0.1) is 6.92 Å². The minimum Gasteiger partial charge on any atom is -0.459 e. The number of amides is 1. The molecule has 41 heavy (non-hydrogen) atoms. The highest BCUT2D eigenvalue weighted by Gasteiger charge is 2.21. The largest absolute Gasteiger partial charge is 0.459 e. The van der Waals surface area contributed by atoms with E-state index in [1.54, 1.807) is 34.8 Å². The molecule has 0 bridgehead atoms. The average molecular weight is 585 g/mol. The second-order valence-corrected chi connectivity index (χ2v) is 10.8. The smallest absolute Gasteiger partial charge is 0.408 e. The summed E-state index contributed by atoms with van der Waals surface area (Å²) in [5.41, 5.74) is 1.93. The van der Waals surface area contributed by atoms with Crippen LogP contribution in [0.15, 0.2) is 59.4 Å². The van der Waals surface area contributed by atoms with Crippen LogP contribution in [0.1, 0.15) is 49.2 Å². The fraction of sp³-hybridized carbons (Fsp3) is 0.400. The lowest BCUT2D eigenvalue weighted by molar-refractivity contribution is -0.145. The topological polar surface area (TPSA) is 121 Å². The Balaban J connectivity index is 1.64. The van der Waals surface area contributed by atoms with Crippen molar-refractivity contribution in [3.05, 3.63) is 92.5 Å². The highest BCUT2D eigenvalue weighted by molar-refractivity contribution is 6.30. The number of ether oxygens (including phenoxy) is 3. The van der Waals surface area contributed by atoms with Gasteiger partial charge in [-0.15, -0.1) is 0 Å². The number of rotatable bonds is 12. The molecule has 1 atom stereocenters. The van der Waals surface area contributed by atoms with E-state index in [0.29, 0.717) is 18.7 Å². The van der Waals surface area contributed by atoms with Crippen LogP contribution in [-0.2, 0) is 38.6 Å². The van der Waals surface area contributed by atoms with Crippen LogP contribution in [0.3, 0.4) is 0 Å². The number of carbonyl (C=O) groups is 2. The number of anilines is 1. The number of nitrogens with zero attached hydrogens (tertiary/aromatic N) is 2. The molecule has 3 aromatic rings. The molecule has 3 rings (SSSR count). The van der Waals surface area contributed by atoms with Gasteiger partial charge in [0.05, 0.1) is 18.3 Å². The zero-order valence-corrected chi connectivity index (χ0v) is 24.8. The number of halogens is 1. The quantitative estimate of drug-likeness (QED) is 0.291. The summed E-state index contributed by atoms with van der Waals surface area (Å²) in [6, 6.07) is 16.6. The fourth-order valence-corrected chi connectivity index (χ4v) is 4.15. The van der Waals surface area contributed by atoms with Gasteiger partial charge in [-0.05, 0) is 50.8 Å². The molecule has 1 unspecified atom stereocenters. The maximum Gasteiger partial charge on any atom is 0.408 e. The number of carbonyl (C=O) groups excluding carboxylic acids is 2. The number of benzene rings is 2. The van der Waals surface area contributed by atoms with Crippen LogP contribution in [0.4, 0.5) is 10.6 Å². The molecule has 2 N–H and O–H groups in total. The Morgan fingerprint density at radius 2 is 1.78 bits per heavy atom. The van der Waals surface area contributed by atoms with Gasteiger partial charge in [0.25, 0.3) is 5.56 Å². The normalized spacial score (nSPS) is 12.0. The van der Waals surface area contributed by atoms with E-state index < -0.39 is 29.3 Å². The molecular weight excluding hydrogens is 548 g/mol. The third-order valence-corrected chi connectivity index (χ3v) is 6.33. The van der Waals surface area contributed by atoms with Crippen LogP contribution in [0.25, 0.3) is 0 Å². The number of hydrogen-bond donors (Lipinski definition) is 2. The highest BCUT2D eigenvalue weighted by Crippen LogP contribution is 2.18. The summed E-state index contributed by atoms with van der Waals surface area (Å²) >= 11 is 6.29. The van der Waals surface area contributed by atoms with Crippen molar-refractivity contribution in [1.29, 1.82) is 0 Å². The molecule has 0 aliphatic rings. The first-order valence-corrected chi connectivity index (χ1v) is 13.6. The second-order valence-electron chi connectivity index (χ2n) is 10.5. The molecular formula is C30H37ClN4O6. The minimum atomic E-state index is -0.622. The molecule has 0 saturated heterocycles. The third-order valence-electron chi connectivity index (χ3n) is 5.97. The molecule has 10 nitrogen and oxygen atoms in total. The van der Waals surface area contributed by atoms with E-state index >= 15 is 0 Å². The van der Waals surface area contributed by atoms with E-state index in [2.05, 4.69) is 15.6 Å². The lowest BCUT2D eigenvalue weighted by Gasteiger charge is -2.24. The van der Waals surface area contributed by atoms with Gasteiger partial charge in [0.15, 0.2) is 11.0 Å². The Morgan fingerprint density at radius 1 is 1.07 bits per heavy atom. The Labute approximate surface area is 245 Å². The lowest BCUT2D eigenvalue weighted by atomic mass is 10.0. The number of methoxy groups -OCH3 is 1. The van der Waals surface area contributed by atoms with E-state index in [1.807, 2.05) is 54.6 Å². The van der Waals surface area contributed by atoms with Gasteiger partial charge in [-0.2, -0.15) is 0 Å². The van der Waals surface area contributed by atoms with Crippen molar-refractivity contribution in [2.45, 2.75) is 58.9 Å². The van der Waals surface area contributed by atoms with Gasteiger partial charge in [-0.3, -0.25) is 14.2 Å². The van der Waals surface area contributed by atoms with Gasteiger partial charge >= 0.3 is 12.1 Å². The van der Waals surface area contributed by atoms with Crippen LogP contribution in [0.2, 0.25) is 5.15 Å². The van der Waals surface area contributed by atoms with Gasteiger partial charge in [0, 0.05) is 13.7 Å². The van der Waals surface area contributed by atoms with Gasteiger partial charge in [0.2, 0.25) is 0 Å². The van der Waals surface area contributed by atoms with Crippen molar-refractivity contribution in [2.24, 2.45) is 0 Å². The van der Waals surface area contributed by atoms with E-state index in [0.717, 1.165) is 16.7 Å². The number of nitrogens with one attached hydrogen (secondary N) is 2. The van der Waals surface area contributed by atoms with Crippen molar-refractivity contribution in [1.82, 2.24) is 14.9 Å². The van der Waals surface area contributed by atoms with Crippen molar-refractivity contribution >= 4 is 29.5 Å². The molecule has 0 radical (unpaired) electrons.